The van der Waals surface area contributed by atoms with Crippen LogP contribution in [0.5, 0.6) is 0 Å². The molecular weight excluding hydrogens is 509 g/mol. The molecule has 1 saturated carbocycles. The molecule has 30 heavy (non-hydrogen) atoms. The smallest absolute Gasteiger partial charge is 0.429 e. The molecule has 5 unspecified atom stereocenters. The maximum absolute atomic E-state index is 13.0. The number of nitrogens with zero attached hydrogens (tertiary/aromatic N) is 2. The second kappa shape index (κ2) is 10.7. The Bertz CT molecular complexity index is 722. The molecule has 1 aromatic carbocycles. The van der Waals surface area contributed by atoms with Crippen LogP contribution in [0, 0.1) is 6.07 Å². The molecule has 6 nitrogen and oxygen atoms in total. The van der Waals surface area contributed by atoms with E-state index in [9.17, 15) is 9.59 Å². The van der Waals surface area contributed by atoms with Gasteiger partial charge in [0.25, 0.3) is 0 Å². The normalized spacial score (nSPS) is 22.4. The zero-order chi connectivity index (χ0) is 20.0. The summed E-state index contributed by atoms with van der Waals surface area (Å²) in [6.07, 6.45) is 0.480. The zero-order valence-corrected chi connectivity index (χ0v) is 23.2. The van der Waals surface area contributed by atoms with Crippen molar-refractivity contribution in [1.82, 2.24) is 10.0 Å². The first kappa shape index (κ1) is 29.2. The average molecular weight is 544 g/mol. The van der Waals surface area contributed by atoms with Crippen molar-refractivity contribution < 1.29 is 38.5 Å². The molecule has 0 N–H and O–H groups in total. The molecule has 1 aromatic rings. The number of hydrogen-bond acceptors (Lipinski definition) is 4. The zero-order valence-electron chi connectivity index (χ0n) is 18.7. The van der Waals surface area contributed by atoms with E-state index in [0.717, 1.165) is 12.0 Å². The number of amides is 2. The van der Waals surface area contributed by atoms with Crippen molar-refractivity contribution in [3.05, 3.63) is 35.9 Å². The molecule has 1 saturated heterocycles. The van der Waals surface area contributed by atoms with Gasteiger partial charge in [0.1, 0.15) is 11.2 Å². The fraction of sp³-hybridized carbons (Fsp3) is 0.619. The van der Waals surface area contributed by atoms with Gasteiger partial charge < -0.3 is 9.47 Å². The first-order valence-electron chi connectivity index (χ1n) is 9.47. The van der Waals surface area contributed by atoms with Gasteiger partial charge in [0.05, 0.1) is 12.1 Å². The Labute approximate surface area is 199 Å². The van der Waals surface area contributed by atoms with Gasteiger partial charge in [-0.3, -0.25) is 0 Å². The van der Waals surface area contributed by atoms with Crippen molar-refractivity contribution in [3.8, 4) is 0 Å². The van der Waals surface area contributed by atoms with Crippen LogP contribution in [0.4, 0.5) is 9.59 Å². The minimum Gasteiger partial charge on any atom is -0.442 e. The molecule has 2 bridgehead atoms. The van der Waals surface area contributed by atoms with Crippen LogP contribution < -0.4 is 0 Å². The molecule has 3 rings (SSSR count). The fourth-order valence-corrected chi connectivity index (χ4v) is 3.85. The largest absolute Gasteiger partial charge is 0.442 e. The van der Waals surface area contributed by atoms with E-state index >= 15 is 0 Å². The molecule has 0 aromatic heterocycles. The summed E-state index contributed by atoms with van der Waals surface area (Å²) < 4.78 is 11.2. The van der Waals surface area contributed by atoms with E-state index in [1.54, 1.807) is 0 Å². The summed E-state index contributed by atoms with van der Waals surface area (Å²) in [6, 6.07) is 10.8. The van der Waals surface area contributed by atoms with Crippen LogP contribution in [0.2, 0.25) is 0 Å². The number of hydrazine groups is 1. The van der Waals surface area contributed by atoms with E-state index in [-0.39, 0.29) is 57.3 Å². The van der Waals surface area contributed by atoms with Gasteiger partial charge in [0.2, 0.25) is 0 Å². The Kier molecular flexibility index (Phi) is 10.4. The second-order valence-corrected chi connectivity index (χ2v) is 9.27. The predicted octanol–water partition coefficient (Wildman–Crippen LogP) is 4.62. The summed E-state index contributed by atoms with van der Waals surface area (Å²) in [7, 11) is 0. The molecule has 2 fully saturated rings. The minimum atomic E-state index is -0.646. The molecule has 1 aliphatic carbocycles. The minimum absolute atomic E-state index is 0. The van der Waals surface area contributed by atoms with Gasteiger partial charge in [-0.25, -0.2) is 19.6 Å². The summed E-state index contributed by atoms with van der Waals surface area (Å²) in [5, 5.41) is 2.93. The number of carbonyl (C=O) groups is 2. The number of rotatable bonds is 1. The quantitative estimate of drug-likeness (QED) is 0.294. The van der Waals surface area contributed by atoms with E-state index in [4.69, 9.17) is 9.47 Å². The first-order chi connectivity index (χ1) is 12.5. The van der Waals surface area contributed by atoms with Crippen LogP contribution in [-0.2, 0) is 29.0 Å². The Hall–Kier alpha value is -0.757. The summed E-state index contributed by atoms with van der Waals surface area (Å²) in [5.74, 6) is 0.127. The van der Waals surface area contributed by atoms with Crippen LogP contribution in [0.1, 0.15) is 65.9 Å². The molecule has 0 spiro atoms. The molecule has 1 heterocycles. The van der Waals surface area contributed by atoms with Crippen molar-refractivity contribution in [2.24, 2.45) is 0 Å². The number of benzene rings is 1. The van der Waals surface area contributed by atoms with Crippen molar-refractivity contribution in [3.63, 3.8) is 0 Å². The molecule has 1 aliphatic heterocycles. The number of ether oxygens (including phenoxy) is 2. The van der Waals surface area contributed by atoms with Gasteiger partial charge in [0, 0.05) is 19.5 Å². The third kappa shape index (κ3) is 6.62. The first-order valence-corrected chi connectivity index (χ1v) is 9.47. The number of hydrogen-bond donors (Lipinski definition) is 0. The molecule has 2 amide bonds. The summed E-state index contributed by atoms with van der Waals surface area (Å²) >= 11 is 0. The standard InChI is InChI=1S/C21H29N2O4.2H3P.Rh/c1-20(2,3)26-18(24)22-15-12-16(14-10-8-7-9-11-14)17(13-15)23(22)19(25)27-21(4,5)6;;;/h7-10,15-17H,12-13H2,1-6H3;2*1H3;/q-1;;;. The summed E-state index contributed by atoms with van der Waals surface area (Å²) in [4.78, 5) is 25.8. The van der Waals surface area contributed by atoms with E-state index in [1.807, 2.05) is 65.8 Å². The topological polar surface area (TPSA) is 59.1 Å². The summed E-state index contributed by atoms with van der Waals surface area (Å²) in [6.45, 7) is 10.9. The van der Waals surface area contributed by atoms with E-state index in [0.29, 0.717) is 6.42 Å². The van der Waals surface area contributed by atoms with E-state index in [1.165, 1.54) is 10.0 Å². The van der Waals surface area contributed by atoms with Gasteiger partial charge >= 0.3 is 12.2 Å². The Morgan fingerprint density at radius 2 is 1.47 bits per heavy atom. The van der Waals surface area contributed by atoms with Crippen LogP contribution in [-0.4, -0.2) is 45.5 Å². The van der Waals surface area contributed by atoms with Crippen LogP contribution in [0.25, 0.3) is 0 Å². The number of fused-ring (bicyclic) bond motifs is 2. The van der Waals surface area contributed by atoms with Crippen molar-refractivity contribution in [1.29, 1.82) is 0 Å². The van der Waals surface area contributed by atoms with Crippen molar-refractivity contribution >= 4 is 32.0 Å². The summed E-state index contributed by atoms with van der Waals surface area (Å²) in [5.41, 5.74) is -0.222. The third-order valence-corrected chi connectivity index (χ3v) is 4.69. The Balaban J connectivity index is 0.00000280. The second-order valence-electron chi connectivity index (χ2n) is 9.27. The van der Waals surface area contributed by atoms with Gasteiger partial charge in [-0.2, -0.15) is 55.7 Å². The van der Waals surface area contributed by atoms with Gasteiger partial charge in [-0.05, 0) is 60.3 Å². The fourth-order valence-electron chi connectivity index (χ4n) is 3.85. The average Bonchev–Trinajstić information content (AvgIpc) is 3.10. The SMILES string of the molecule is CC(C)(C)OC(=O)N1C2CC(c3[c-]cccc3)C(C2)N1C(=O)OC(C)(C)C.P.P.[Rh]. The van der Waals surface area contributed by atoms with Gasteiger partial charge in [-0.15, -0.1) is 0 Å². The molecule has 173 valence electrons. The molecule has 5 atom stereocenters. The molecular formula is C21H35N2O4P2Rh-. The molecule has 9 heteroatoms. The maximum Gasteiger partial charge on any atom is 0.429 e. The van der Waals surface area contributed by atoms with Crippen LogP contribution in [0.15, 0.2) is 24.3 Å². The van der Waals surface area contributed by atoms with E-state index in [2.05, 4.69) is 6.07 Å². The monoisotopic (exact) mass is 544 g/mol. The van der Waals surface area contributed by atoms with Gasteiger partial charge in [-0.1, -0.05) is 0 Å². The molecule has 1 radical (unpaired) electrons. The van der Waals surface area contributed by atoms with E-state index < -0.39 is 23.4 Å². The van der Waals surface area contributed by atoms with Crippen LogP contribution >= 0.6 is 19.8 Å². The van der Waals surface area contributed by atoms with Gasteiger partial charge in [0.15, 0.2) is 0 Å². The maximum atomic E-state index is 13.0. The Morgan fingerprint density at radius 1 is 0.933 bits per heavy atom. The predicted molar refractivity (Wildman–Crippen MR) is 123 cm³/mol. The number of carbonyl (C=O) groups excluding carboxylic acids is 2. The Morgan fingerprint density at radius 3 is 1.93 bits per heavy atom. The van der Waals surface area contributed by atoms with Crippen LogP contribution in [0.3, 0.4) is 0 Å². The molecule has 2 aliphatic rings. The van der Waals surface area contributed by atoms with Crippen molar-refractivity contribution in [2.45, 2.75) is 83.6 Å². The third-order valence-electron chi connectivity index (χ3n) is 4.69. The van der Waals surface area contributed by atoms with Crippen molar-refractivity contribution in [2.75, 3.05) is 0 Å².